The molecule has 2 aromatic heterocycles. The van der Waals surface area contributed by atoms with Gasteiger partial charge in [0.2, 0.25) is 106 Å². The van der Waals surface area contributed by atoms with Crippen LogP contribution in [-0.2, 0) is 112 Å². The van der Waals surface area contributed by atoms with Crippen LogP contribution < -0.4 is 119 Å². The van der Waals surface area contributed by atoms with E-state index in [2.05, 4.69) is 95.0 Å². The lowest BCUT2D eigenvalue weighted by Gasteiger charge is -2.29. The predicted octanol–water partition coefficient (Wildman–Crippen LogP) is -3.79. The van der Waals surface area contributed by atoms with Gasteiger partial charge >= 0.3 is 0 Å². The smallest absolute Gasteiger partial charge is 0.245 e. The Hall–Kier alpha value is -14.6. The lowest BCUT2D eigenvalue weighted by Crippen LogP contribution is -2.61. The monoisotopic (exact) mass is 1920 g/mol. The Morgan fingerprint density at radius 1 is 0.377 bits per heavy atom. The number of nitrogens with one attached hydrogen (secondary N) is 19. The highest BCUT2D eigenvalue weighted by Gasteiger charge is 2.40. The summed E-state index contributed by atoms with van der Waals surface area (Å²) in [5.41, 5.74) is 36.5. The molecule has 0 unspecified atom stereocenters. The van der Waals surface area contributed by atoms with Crippen LogP contribution in [0.2, 0.25) is 0 Å². The molecule has 4 aromatic carbocycles. The number of guanidine groups is 1. The van der Waals surface area contributed by atoms with Gasteiger partial charge in [0.1, 0.15) is 96.4 Å². The van der Waals surface area contributed by atoms with Gasteiger partial charge in [-0.2, -0.15) is 0 Å². The van der Waals surface area contributed by atoms with Crippen LogP contribution in [0.3, 0.4) is 0 Å². The van der Waals surface area contributed by atoms with Crippen molar-refractivity contribution in [3.63, 3.8) is 0 Å². The number of carbonyl (C=O) groups excluding carboxylic acids is 18. The molecule has 18 amide bonds. The molecular weight excluding hydrogens is 1790 g/mol. The van der Waals surface area contributed by atoms with Gasteiger partial charge in [-0.1, -0.05) is 113 Å². The van der Waals surface area contributed by atoms with Gasteiger partial charge in [-0.3, -0.25) is 91.7 Å². The molecule has 45 heteroatoms. The van der Waals surface area contributed by atoms with Crippen LogP contribution in [0.1, 0.15) is 161 Å². The summed E-state index contributed by atoms with van der Waals surface area (Å²) in [4.78, 5) is 258. The molecule has 0 fully saturated rings. The number of benzene rings is 4. The molecule has 0 radical (unpaired) electrons. The van der Waals surface area contributed by atoms with Crippen LogP contribution in [0, 0.1) is 17.2 Å². The Morgan fingerprint density at radius 2 is 0.746 bits per heavy atom. The standard InChI is InChI=1S/C93H135N25O20/c1-9-50(4)77(118-90(136)72(44-58-47-103-63-27-16-14-25-61(58)63)116-87(133)69(41-55-22-11-10-12-23-55)111-79(125)51(5)104-82(128)67(35-36-75(96)122)110-83(129)65(107-54(8)120)30-21-39-101-93(99)100)92(138)106-53(7)81(127)112-71(43-57-46-102-62-26-15-13-24-60(57)62)88(134)115-70(42-56-31-33-59(121)34-32-56)86(132)109-66(29-18-20-38-95)84(130)114-68(40-49(2)3)85(131)105-52(6)80(126)113-73(45-76(97)123)89(135)117-74(48-119)91(137)108-64(78(98)124)28-17-19-37-94/h10-16,22-27,31-34,46-47,49-53,64-74,77,102-103,119,121H,9,17-21,28-30,35-45,48,94-95H2,1-8H3,(H2,96,122)(H2,97,123)(H2,98,124)(H,104,128)(H,105,131)(H,106,138)(H,107,120)(H,108,137)(H,109,132)(H,110,129)(H,111,125)(H,112,127)(H,113,126)(H,114,130)(H,115,134)(H,116,133)(H,117,135)(H,118,136)(H4,99,100,101)/t50-,51-,52-,53-,64-,65-,66-,67-,68-,69-,70-,71-,72-,73-,74-,77-/m0/s1. The number of para-hydroxylation sites is 2. The van der Waals surface area contributed by atoms with Crippen molar-refractivity contribution in [2.24, 2.45) is 46.2 Å². The fourth-order valence-electron chi connectivity index (χ4n) is 14.9. The Kier molecular flexibility index (Phi) is 46.0. The molecule has 0 aliphatic heterocycles. The zero-order chi connectivity index (χ0) is 102. The number of unbranched alkanes of at least 4 members (excludes halogenated alkanes) is 2. The average molecular weight is 1920 g/mol. The highest BCUT2D eigenvalue weighted by molar-refractivity contribution is 6.02. The zero-order valence-corrected chi connectivity index (χ0v) is 78.8. The Labute approximate surface area is 798 Å². The highest BCUT2D eigenvalue weighted by Crippen LogP contribution is 2.24. The van der Waals surface area contributed by atoms with Crippen LogP contribution in [-0.4, -0.2) is 249 Å². The number of amides is 18. The molecular formula is C93H135N25O20. The van der Waals surface area contributed by atoms with Crippen molar-refractivity contribution < 1.29 is 96.5 Å². The minimum atomic E-state index is -1.80. The third-order valence-corrected chi connectivity index (χ3v) is 22.8. The predicted molar refractivity (Wildman–Crippen MR) is 510 cm³/mol. The molecule has 0 bridgehead atoms. The fraction of sp³-hybridized carbons (Fsp3) is 0.495. The van der Waals surface area contributed by atoms with Crippen molar-refractivity contribution >= 4 is 134 Å². The average Bonchev–Trinajstić information content (AvgIpc) is 1.67. The van der Waals surface area contributed by atoms with E-state index in [0.29, 0.717) is 63.3 Å². The van der Waals surface area contributed by atoms with Crippen molar-refractivity contribution in [3.8, 4) is 5.75 Å². The number of H-pyrrole nitrogens is 2. The summed E-state index contributed by atoms with van der Waals surface area (Å²) >= 11 is 0. The number of hydrogen-bond donors (Lipinski definition) is 27. The van der Waals surface area contributed by atoms with Crippen LogP contribution in [0.15, 0.2) is 116 Å². The summed E-state index contributed by atoms with van der Waals surface area (Å²) in [6, 6.07) is 5.68. The molecule has 6 aromatic rings. The summed E-state index contributed by atoms with van der Waals surface area (Å²) in [7, 11) is 0. The molecule has 16 atom stereocenters. The molecule has 0 saturated carbocycles. The number of hydrogen-bond acceptors (Lipinski definition) is 23. The molecule has 0 spiro atoms. The van der Waals surface area contributed by atoms with Gasteiger partial charge in [0, 0.05) is 79.8 Å². The minimum Gasteiger partial charge on any atom is -0.508 e. The Bertz CT molecular complexity index is 5190. The normalized spacial score (nSPS) is 14.7. The maximum Gasteiger partial charge on any atom is 0.245 e. The van der Waals surface area contributed by atoms with Gasteiger partial charge in [0.05, 0.1) is 13.0 Å². The van der Waals surface area contributed by atoms with Crippen LogP contribution in [0.4, 0.5) is 0 Å². The van der Waals surface area contributed by atoms with E-state index < -0.39 is 222 Å². The van der Waals surface area contributed by atoms with E-state index in [1.54, 1.807) is 119 Å². The second kappa shape index (κ2) is 56.7. The van der Waals surface area contributed by atoms with Gasteiger partial charge in [0.15, 0.2) is 5.96 Å². The van der Waals surface area contributed by atoms with Crippen molar-refractivity contribution in [1.29, 1.82) is 5.41 Å². The number of aliphatic hydroxyl groups is 1. The van der Waals surface area contributed by atoms with Crippen LogP contribution >= 0.6 is 0 Å². The SMILES string of the molecule is CC[C@H](C)[C@H](NC(=O)[C@H](Cc1c[nH]c2ccccc12)NC(=O)[C@H](Cc1ccccc1)NC(=O)[C@H](C)NC(=O)[C@H](CCC(N)=O)NC(=O)[C@H](CCCNC(=N)N)NC(C)=O)C(=O)N[C@@H](C)C(=O)N[C@@H](Cc1c[nH]c2ccccc12)C(=O)N[C@@H](Cc1ccc(O)cc1)C(=O)N[C@@H](CCCCN)C(=O)N[C@@H](CC(C)C)C(=O)N[C@@H](C)C(=O)N[C@@H](CC(N)=O)C(=O)N[C@@H](CO)C(=O)N[C@@H](CCCCN)C(N)=O. The molecule has 752 valence electrons. The lowest BCUT2D eigenvalue weighted by molar-refractivity contribution is -0.136. The third-order valence-electron chi connectivity index (χ3n) is 22.8. The van der Waals surface area contributed by atoms with Gasteiger partial charge in [-0.25, -0.2) is 0 Å². The number of nitrogens with two attached hydrogens (primary N) is 6. The van der Waals surface area contributed by atoms with Gasteiger partial charge in [-0.05, 0) is 156 Å². The van der Waals surface area contributed by atoms with Gasteiger partial charge in [-0.15, -0.1) is 0 Å². The number of phenols is 1. The summed E-state index contributed by atoms with van der Waals surface area (Å²) in [5.74, 6) is -18.3. The largest absolute Gasteiger partial charge is 0.508 e. The number of phenolic OH excluding ortho intramolecular Hbond substituents is 1. The summed E-state index contributed by atoms with van der Waals surface area (Å²) in [6.45, 7) is 11.4. The highest BCUT2D eigenvalue weighted by atomic mass is 16.3. The Balaban J connectivity index is 1.25. The number of primary amides is 3. The van der Waals surface area contributed by atoms with Crippen molar-refractivity contribution in [3.05, 3.63) is 138 Å². The van der Waals surface area contributed by atoms with E-state index in [1.165, 1.54) is 52.0 Å². The number of rotatable bonds is 60. The second-order valence-electron chi connectivity index (χ2n) is 34.6. The molecule has 6 rings (SSSR count). The first-order valence-corrected chi connectivity index (χ1v) is 45.9. The number of fused-ring (bicyclic) bond motifs is 2. The van der Waals surface area contributed by atoms with Crippen LogP contribution in [0.5, 0.6) is 5.75 Å². The van der Waals surface area contributed by atoms with Gasteiger partial charge < -0.3 is 140 Å². The molecule has 138 heavy (non-hydrogen) atoms. The molecule has 2 heterocycles. The lowest BCUT2D eigenvalue weighted by atomic mass is 9.96. The second-order valence-corrected chi connectivity index (χ2v) is 34.6. The maximum absolute atomic E-state index is 15.4. The van der Waals surface area contributed by atoms with Crippen molar-refractivity contribution in [2.75, 3.05) is 26.2 Å². The molecule has 0 saturated heterocycles. The molecule has 45 nitrogen and oxygen atoms in total. The third kappa shape index (κ3) is 37.2. The quantitative estimate of drug-likeness (QED) is 0.00989. The molecule has 0 aliphatic carbocycles. The van der Waals surface area contributed by atoms with Crippen LogP contribution in [0.25, 0.3) is 21.8 Å². The van der Waals surface area contributed by atoms with Crippen molar-refractivity contribution in [1.82, 2.24) is 95.0 Å². The number of carbonyl (C=O) groups is 18. The zero-order valence-electron chi connectivity index (χ0n) is 78.8. The molecule has 33 N–H and O–H groups in total. The number of aliphatic hydroxyl groups excluding tert-OH is 1. The van der Waals surface area contributed by atoms with E-state index in [0.717, 1.165) is 0 Å². The van der Waals surface area contributed by atoms with E-state index in [-0.39, 0.29) is 114 Å². The minimum absolute atomic E-state index is 0.0231. The summed E-state index contributed by atoms with van der Waals surface area (Å²) in [6.07, 6.45) is 2.52. The van der Waals surface area contributed by atoms with E-state index in [4.69, 9.17) is 39.8 Å². The summed E-state index contributed by atoms with van der Waals surface area (Å²) in [5, 5.41) is 70.7. The fourth-order valence-corrected chi connectivity index (χ4v) is 14.9. The number of aromatic nitrogens is 2. The molecule has 0 aliphatic rings. The maximum atomic E-state index is 15.4. The van der Waals surface area contributed by atoms with E-state index >= 15 is 24.0 Å². The van der Waals surface area contributed by atoms with Gasteiger partial charge in [0.25, 0.3) is 0 Å². The topological polar surface area (TPSA) is 752 Å². The first-order valence-electron chi connectivity index (χ1n) is 45.9. The first kappa shape index (κ1) is 112. The first-order chi connectivity index (χ1) is 65.5. The number of aromatic amines is 2. The van der Waals surface area contributed by atoms with E-state index in [9.17, 15) is 72.5 Å². The summed E-state index contributed by atoms with van der Waals surface area (Å²) < 4.78 is 0. The Morgan fingerprint density at radius 3 is 1.20 bits per heavy atom. The van der Waals surface area contributed by atoms with Crippen molar-refractivity contribution in [2.45, 2.75) is 255 Å². The van der Waals surface area contributed by atoms with E-state index in [1.807, 2.05) is 0 Å². The number of aromatic hydroxyl groups is 1.